The first-order valence-corrected chi connectivity index (χ1v) is 12.2. The molecule has 1 amide bonds. The highest BCUT2D eigenvalue weighted by Gasteiger charge is 2.24. The van der Waals surface area contributed by atoms with E-state index in [0.717, 1.165) is 43.7 Å². The minimum Gasteiger partial charge on any atom is -0.450 e. The van der Waals surface area contributed by atoms with Gasteiger partial charge >= 0.3 is 6.09 Å². The van der Waals surface area contributed by atoms with E-state index in [9.17, 15) is 4.79 Å². The third-order valence-electron chi connectivity index (χ3n) is 6.49. The summed E-state index contributed by atoms with van der Waals surface area (Å²) in [5.41, 5.74) is 2.71. The van der Waals surface area contributed by atoms with Crippen LogP contribution in [0.2, 0.25) is 0 Å². The fourth-order valence-electron chi connectivity index (χ4n) is 5.03. The summed E-state index contributed by atoms with van der Waals surface area (Å²) >= 11 is 0. The third kappa shape index (κ3) is 8.63. The van der Waals surface area contributed by atoms with Crippen molar-refractivity contribution in [2.24, 2.45) is 16.8 Å². The molecular formula is C25H42IN5O2. The molecule has 1 aromatic rings. The van der Waals surface area contributed by atoms with E-state index in [-0.39, 0.29) is 30.1 Å². The van der Waals surface area contributed by atoms with Crippen molar-refractivity contribution in [3.05, 3.63) is 35.4 Å². The number of hydrogen-bond donors (Lipinski definition) is 2. The number of rotatable bonds is 6. The molecule has 2 unspecified atom stereocenters. The molecular weight excluding hydrogens is 529 g/mol. The van der Waals surface area contributed by atoms with Crippen LogP contribution in [0.3, 0.4) is 0 Å². The van der Waals surface area contributed by atoms with Gasteiger partial charge in [0.15, 0.2) is 5.96 Å². The third-order valence-corrected chi connectivity index (χ3v) is 6.49. The fraction of sp³-hybridized carbons (Fsp3) is 0.680. The second-order valence-electron chi connectivity index (χ2n) is 9.44. The number of amides is 1. The molecule has 2 aliphatic rings. The second kappa shape index (κ2) is 14.0. The van der Waals surface area contributed by atoms with E-state index in [0.29, 0.717) is 25.7 Å². The second-order valence-corrected chi connectivity index (χ2v) is 9.44. The van der Waals surface area contributed by atoms with Gasteiger partial charge in [-0.3, -0.25) is 9.89 Å². The number of guanidine groups is 1. The quantitative estimate of drug-likeness (QED) is 0.306. The lowest BCUT2D eigenvalue weighted by Crippen LogP contribution is -2.49. The Kier molecular flexibility index (Phi) is 11.7. The number of ether oxygens (including phenoxy) is 1. The monoisotopic (exact) mass is 571 g/mol. The highest BCUT2D eigenvalue weighted by atomic mass is 127. The topological polar surface area (TPSA) is 69.2 Å². The van der Waals surface area contributed by atoms with E-state index >= 15 is 0 Å². The van der Waals surface area contributed by atoms with Gasteiger partial charge in [0.1, 0.15) is 0 Å². The van der Waals surface area contributed by atoms with Crippen molar-refractivity contribution < 1.29 is 9.53 Å². The molecule has 0 saturated carbocycles. The summed E-state index contributed by atoms with van der Waals surface area (Å²) in [4.78, 5) is 20.7. The minimum absolute atomic E-state index is 0. The van der Waals surface area contributed by atoms with Gasteiger partial charge in [0.25, 0.3) is 0 Å². The molecule has 2 atom stereocenters. The van der Waals surface area contributed by atoms with E-state index in [4.69, 9.17) is 4.74 Å². The van der Waals surface area contributed by atoms with Gasteiger partial charge in [-0.05, 0) is 49.1 Å². The lowest BCUT2D eigenvalue weighted by Gasteiger charge is -2.35. The molecule has 186 valence electrons. The zero-order valence-corrected chi connectivity index (χ0v) is 23.0. The van der Waals surface area contributed by atoms with Crippen LogP contribution in [0.25, 0.3) is 0 Å². The maximum atomic E-state index is 11.9. The van der Waals surface area contributed by atoms with Gasteiger partial charge in [-0.25, -0.2) is 4.79 Å². The van der Waals surface area contributed by atoms with Crippen LogP contribution in [0.5, 0.6) is 0 Å². The summed E-state index contributed by atoms with van der Waals surface area (Å²) in [5.74, 6) is 2.35. The molecule has 0 aromatic heterocycles. The van der Waals surface area contributed by atoms with Crippen LogP contribution in [-0.2, 0) is 17.8 Å². The van der Waals surface area contributed by atoms with Crippen molar-refractivity contribution in [1.29, 1.82) is 0 Å². The van der Waals surface area contributed by atoms with Gasteiger partial charge in [-0.2, -0.15) is 0 Å². The lowest BCUT2D eigenvalue weighted by molar-refractivity contribution is 0.0963. The van der Waals surface area contributed by atoms with Crippen LogP contribution < -0.4 is 10.6 Å². The maximum Gasteiger partial charge on any atom is 0.409 e. The Hall–Kier alpha value is -1.55. The van der Waals surface area contributed by atoms with Crippen molar-refractivity contribution in [1.82, 2.24) is 20.4 Å². The minimum atomic E-state index is -0.206. The summed E-state index contributed by atoms with van der Waals surface area (Å²) in [6.45, 7) is 12.5. The van der Waals surface area contributed by atoms with Crippen LogP contribution in [0.15, 0.2) is 29.3 Å². The first-order valence-electron chi connectivity index (χ1n) is 12.2. The molecule has 2 heterocycles. The first kappa shape index (κ1) is 27.7. The van der Waals surface area contributed by atoms with Crippen molar-refractivity contribution >= 4 is 36.0 Å². The van der Waals surface area contributed by atoms with Crippen LogP contribution in [0.4, 0.5) is 4.79 Å². The Morgan fingerprint density at radius 3 is 2.36 bits per heavy atom. The van der Waals surface area contributed by atoms with Gasteiger partial charge in [0.2, 0.25) is 0 Å². The zero-order valence-electron chi connectivity index (χ0n) is 20.7. The molecule has 2 fully saturated rings. The van der Waals surface area contributed by atoms with E-state index in [2.05, 4.69) is 58.6 Å². The number of nitrogens with one attached hydrogen (secondary N) is 2. The van der Waals surface area contributed by atoms with Crippen molar-refractivity contribution in [2.45, 2.75) is 59.2 Å². The zero-order chi connectivity index (χ0) is 22.9. The number of nitrogens with zero attached hydrogens (tertiary/aromatic N) is 3. The highest BCUT2D eigenvalue weighted by Crippen LogP contribution is 2.23. The summed E-state index contributed by atoms with van der Waals surface area (Å²) in [6, 6.07) is 9.02. The normalized spacial score (nSPS) is 22.4. The molecule has 2 N–H and O–H groups in total. The van der Waals surface area contributed by atoms with Crippen molar-refractivity contribution in [3.8, 4) is 0 Å². The van der Waals surface area contributed by atoms with Crippen LogP contribution in [-0.4, -0.2) is 67.7 Å². The Labute approximate surface area is 216 Å². The largest absolute Gasteiger partial charge is 0.450 e. The van der Waals surface area contributed by atoms with Crippen molar-refractivity contribution in [2.75, 3.05) is 39.8 Å². The number of aliphatic imine (C=N–C) groups is 1. The van der Waals surface area contributed by atoms with E-state index in [1.165, 1.54) is 30.6 Å². The average molecular weight is 572 g/mol. The average Bonchev–Trinajstić information content (AvgIpc) is 2.77. The van der Waals surface area contributed by atoms with E-state index in [1.54, 1.807) is 4.90 Å². The molecule has 2 saturated heterocycles. The molecule has 0 radical (unpaired) electrons. The van der Waals surface area contributed by atoms with Gasteiger partial charge < -0.3 is 20.3 Å². The number of carbonyl (C=O) groups is 1. The molecule has 3 rings (SSSR count). The molecule has 33 heavy (non-hydrogen) atoms. The standard InChI is InChI=1S/C25H41N5O2.HI/c1-5-32-25(31)30-12-10-23(11-13-30)28-24(26-4)27-15-21-8-6-7-9-22(21)18-29-16-19(2)14-20(3)17-29;/h6-9,19-20,23H,5,10-18H2,1-4H3,(H2,26,27,28);1H. The summed E-state index contributed by atoms with van der Waals surface area (Å²) in [5, 5.41) is 7.03. The molecule has 2 aliphatic heterocycles. The molecule has 8 heteroatoms. The van der Waals surface area contributed by atoms with Crippen LogP contribution in [0.1, 0.15) is 51.2 Å². The summed E-state index contributed by atoms with van der Waals surface area (Å²) < 4.78 is 5.11. The molecule has 0 aliphatic carbocycles. The van der Waals surface area contributed by atoms with Crippen LogP contribution >= 0.6 is 24.0 Å². The number of halogens is 1. The lowest BCUT2D eigenvalue weighted by atomic mass is 9.91. The molecule has 0 bridgehead atoms. The van der Waals surface area contributed by atoms with Crippen molar-refractivity contribution in [3.63, 3.8) is 0 Å². The smallest absolute Gasteiger partial charge is 0.409 e. The number of hydrogen-bond acceptors (Lipinski definition) is 4. The van der Waals surface area contributed by atoms with Gasteiger partial charge in [0.05, 0.1) is 6.61 Å². The first-order chi connectivity index (χ1) is 15.5. The SMILES string of the molecule is CCOC(=O)N1CCC(NC(=NC)NCc2ccccc2CN2CC(C)CC(C)C2)CC1.I. The summed E-state index contributed by atoms with van der Waals surface area (Å²) in [6.07, 6.45) is 2.91. The fourth-order valence-corrected chi connectivity index (χ4v) is 5.03. The van der Waals surface area contributed by atoms with Gasteiger partial charge in [0, 0.05) is 52.4 Å². The Bertz CT molecular complexity index is 757. The predicted molar refractivity (Wildman–Crippen MR) is 145 cm³/mol. The summed E-state index contributed by atoms with van der Waals surface area (Å²) in [7, 11) is 1.81. The predicted octanol–water partition coefficient (Wildman–Crippen LogP) is 4.07. The highest BCUT2D eigenvalue weighted by molar-refractivity contribution is 14.0. The molecule has 1 aromatic carbocycles. The Morgan fingerprint density at radius 1 is 1.12 bits per heavy atom. The number of piperidine rings is 2. The Balaban J connectivity index is 0.00000385. The molecule has 0 spiro atoms. The van der Waals surface area contributed by atoms with E-state index < -0.39 is 0 Å². The number of carbonyl (C=O) groups excluding carboxylic acids is 1. The number of benzene rings is 1. The number of likely N-dealkylation sites (tertiary alicyclic amines) is 2. The van der Waals surface area contributed by atoms with Gasteiger partial charge in [-0.1, -0.05) is 38.1 Å². The van der Waals surface area contributed by atoms with Gasteiger partial charge in [-0.15, -0.1) is 24.0 Å². The van der Waals surface area contributed by atoms with E-state index in [1.807, 2.05) is 14.0 Å². The Morgan fingerprint density at radius 2 is 1.76 bits per heavy atom. The molecule has 7 nitrogen and oxygen atoms in total. The maximum absolute atomic E-state index is 11.9. The van der Waals surface area contributed by atoms with Crippen LogP contribution in [0, 0.1) is 11.8 Å².